The molecule has 1 saturated carbocycles. The van der Waals surface area contributed by atoms with E-state index in [1.54, 1.807) is 6.08 Å². The Morgan fingerprint density at radius 2 is 1.93 bits per heavy atom. The summed E-state index contributed by atoms with van der Waals surface area (Å²) >= 11 is 0. The van der Waals surface area contributed by atoms with Gasteiger partial charge in [-0.15, -0.1) is 0 Å². The maximum absolute atomic E-state index is 8.58. The second-order valence-corrected chi connectivity index (χ2v) is 5.29. The van der Waals surface area contributed by atoms with Crippen molar-refractivity contribution >= 4 is 0 Å². The van der Waals surface area contributed by atoms with Crippen molar-refractivity contribution in [1.82, 2.24) is 0 Å². The van der Waals surface area contributed by atoms with Crippen LogP contribution in [0.5, 0.6) is 0 Å². The van der Waals surface area contributed by atoms with E-state index in [1.165, 1.54) is 12.8 Å². The molecule has 0 amide bonds. The molecule has 3 atom stereocenters. The number of rotatable bonds is 1. The van der Waals surface area contributed by atoms with Crippen LogP contribution in [0, 0.1) is 34.5 Å². The first kappa shape index (κ1) is 11.3. The average molecular weight is 191 g/mol. The third-order valence-electron chi connectivity index (χ3n) is 4.18. The highest BCUT2D eigenvalue weighted by molar-refractivity contribution is 5.09. The summed E-state index contributed by atoms with van der Waals surface area (Å²) in [5, 5.41) is 8.58. The summed E-state index contributed by atoms with van der Waals surface area (Å²) in [4.78, 5) is 0. The summed E-state index contributed by atoms with van der Waals surface area (Å²) in [5.41, 5.74) is 0.338. The molecule has 0 radical (unpaired) electrons. The first-order chi connectivity index (χ1) is 6.50. The van der Waals surface area contributed by atoms with Gasteiger partial charge in [-0.05, 0) is 36.0 Å². The Balaban J connectivity index is 2.86. The summed E-state index contributed by atoms with van der Waals surface area (Å²) in [7, 11) is 0. The standard InChI is InChI=1S/C13H21N/c1-10-7-8-11(2)13(3,4)12(10)6-5-9-14/h5-6,10-12H,7-8H2,1-4H3/t10?,11-,12+/m0/s1. The van der Waals surface area contributed by atoms with Crippen molar-refractivity contribution in [3.05, 3.63) is 12.2 Å². The second-order valence-electron chi connectivity index (χ2n) is 5.29. The molecule has 14 heavy (non-hydrogen) atoms. The number of hydrogen-bond donors (Lipinski definition) is 0. The monoisotopic (exact) mass is 191 g/mol. The molecule has 1 aliphatic carbocycles. The molecular weight excluding hydrogens is 170 g/mol. The molecule has 0 bridgehead atoms. The fourth-order valence-electron chi connectivity index (χ4n) is 2.71. The molecule has 1 rings (SSSR count). The molecule has 1 heteroatoms. The van der Waals surface area contributed by atoms with E-state index in [0.29, 0.717) is 17.3 Å². The Morgan fingerprint density at radius 1 is 1.29 bits per heavy atom. The van der Waals surface area contributed by atoms with Crippen LogP contribution in [0.25, 0.3) is 0 Å². The molecule has 1 aliphatic rings. The van der Waals surface area contributed by atoms with E-state index in [0.717, 1.165) is 5.92 Å². The summed E-state index contributed by atoms with van der Waals surface area (Å²) in [5.74, 6) is 2.03. The molecule has 1 unspecified atom stereocenters. The molecule has 1 fully saturated rings. The largest absolute Gasteiger partial charge is 0.193 e. The lowest BCUT2D eigenvalue weighted by molar-refractivity contribution is 0.0593. The maximum atomic E-state index is 8.58. The summed E-state index contributed by atoms with van der Waals surface area (Å²) in [6.45, 7) is 9.30. The van der Waals surface area contributed by atoms with Gasteiger partial charge in [0.2, 0.25) is 0 Å². The lowest BCUT2D eigenvalue weighted by Gasteiger charge is -2.46. The smallest absolute Gasteiger partial charge is 0.0908 e. The van der Waals surface area contributed by atoms with Crippen LogP contribution >= 0.6 is 0 Å². The highest BCUT2D eigenvalue weighted by Gasteiger charge is 2.39. The number of nitriles is 1. The van der Waals surface area contributed by atoms with Gasteiger partial charge in [0.15, 0.2) is 0 Å². The van der Waals surface area contributed by atoms with Crippen molar-refractivity contribution in [2.75, 3.05) is 0 Å². The van der Waals surface area contributed by atoms with Crippen molar-refractivity contribution in [3.8, 4) is 6.07 Å². The van der Waals surface area contributed by atoms with E-state index in [9.17, 15) is 0 Å². The molecule has 0 aromatic rings. The lowest BCUT2D eigenvalue weighted by Crippen LogP contribution is -2.38. The van der Waals surface area contributed by atoms with Crippen LogP contribution in [-0.2, 0) is 0 Å². The summed E-state index contributed by atoms with van der Waals surface area (Å²) in [6, 6.07) is 2.11. The fourth-order valence-corrected chi connectivity index (χ4v) is 2.71. The quantitative estimate of drug-likeness (QED) is 0.579. The van der Waals surface area contributed by atoms with Gasteiger partial charge in [-0.25, -0.2) is 0 Å². The zero-order valence-electron chi connectivity index (χ0n) is 9.75. The molecule has 0 heterocycles. The van der Waals surface area contributed by atoms with Crippen molar-refractivity contribution in [2.24, 2.45) is 23.2 Å². The van der Waals surface area contributed by atoms with Crippen LogP contribution < -0.4 is 0 Å². The Morgan fingerprint density at radius 3 is 2.50 bits per heavy atom. The molecule has 0 saturated heterocycles. The van der Waals surface area contributed by atoms with Crippen LogP contribution in [0.4, 0.5) is 0 Å². The minimum Gasteiger partial charge on any atom is -0.193 e. The molecule has 1 nitrogen and oxygen atoms in total. The highest BCUT2D eigenvalue weighted by Crippen LogP contribution is 2.48. The van der Waals surface area contributed by atoms with Crippen LogP contribution in [0.3, 0.4) is 0 Å². The fraction of sp³-hybridized carbons (Fsp3) is 0.769. The van der Waals surface area contributed by atoms with E-state index >= 15 is 0 Å². The Labute approximate surface area is 87.8 Å². The molecule has 0 aliphatic heterocycles. The van der Waals surface area contributed by atoms with Crippen LogP contribution in [0.1, 0.15) is 40.5 Å². The number of hydrogen-bond acceptors (Lipinski definition) is 1. The minimum absolute atomic E-state index is 0.338. The van der Waals surface area contributed by atoms with Gasteiger partial charge in [-0.2, -0.15) is 5.26 Å². The van der Waals surface area contributed by atoms with E-state index in [2.05, 4.69) is 39.8 Å². The molecular formula is C13H21N. The zero-order chi connectivity index (χ0) is 10.8. The number of nitrogens with zero attached hydrogens (tertiary/aromatic N) is 1. The average Bonchev–Trinajstić information content (AvgIpc) is 2.12. The van der Waals surface area contributed by atoms with E-state index in [4.69, 9.17) is 5.26 Å². The molecule has 0 spiro atoms. The Hall–Kier alpha value is -0.770. The highest BCUT2D eigenvalue weighted by atomic mass is 14.4. The molecule has 0 aromatic carbocycles. The third kappa shape index (κ3) is 2.00. The normalized spacial score (nSPS) is 36.9. The van der Waals surface area contributed by atoms with Gasteiger partial charge in [-0.1, -0.05) is 33.8 Å². The van der Waals surface area contributed by atoms with Crippen LogP contribution in [0.2, 0.25) is 0 Å². The first-order valence-corrected chi connectivity index (χ1v) is 5.56. The summed E-state index contributed by atoms with van der Waals surface area (Å²) < 4.78 is 0. The SMILES string of the molecule is CC1CC[C@H](C)C(C)(C)[C@@H]1C=CC#N. The van der Waals surface area contributed by atoms with Gasteiger partial charge >= 0.3 is 0 Å². The predicted octanol–water partition coefficient (Wildman–Crippen LogP) is 3.77. The molecule has 0 aromatic heterocycles. The Bertz CT molecular complexity index is 257. The van der Waals surface area contributed by atoms with Crippen LogP contribution in [0.15, 0.2) is 12.2 Å². The van der Waals surface area contributed by atoms with Crippen molar-refractivity contribution in [1.29, 1.82) is 5.26 Å². The lowest BCUT2D eigenvalue weighted by atomic mass is 9.59. The maximum Gasteiger partial charge on any atom is 0.0908 e. The van der Waals surface area contributed by atoms with Gasteiger partial charge in [0, 0.05) is 6.08 Å². The third-order valence-corrected chi connectivity index (χ3v) is 4.18. The second kappa shape index (κ2) is 4.17. The van der Waals surface area contributed by atoms with Gasteiger partial charge in [0.1, 0.15) is 0 Å². The van der Waals surface area contributed by atoms with E-state index in [1.807, 2.05) is 0 Å². The van der Waals surface area contributed by atoms with Gasteiger partial charge in [-0.3, -0.25) is 0 Å². The minimum atomic E-state index is 0.338. The molecule has 0 N–H and O–H groups in total. The Kier molecular flexibility index (Phi) is 3.37. The topological polar surface area (TPSA) is 23.8 Å². The van der Waals surface area contributed by atoms with Gasteiger partial charge in [0.05, 0.1) is 6.07 Å². The van der Waals surface area contributed by atoms with Crippen molar-refractivity contribution in [2.45, 2.75) is 40.5 Å². The van der Waals surface area contributed by atoms with Gasteiger partial charge < -0.3 is 0 Å². The summed E-state index contributed by atoms with van der Waals surface area (Å²) in [6.07, 6.45) is 6.39. The first-order valence-electron chi connectivity index (χ1n) is 5.56. The van der Waals surface area contributed by atoms with Crippen molar-refractivity contribution in [3.63, 3.8) is 0 Å². The predicted molar refractivity (Wildman–Crippen MR) is 59.6 cm³/mol. The van der Waals surface area contributed by atoms with Gasteiger partial charge in [0.25, 0.3) is 0 Å². The number of allylic oxidation sites excluding steroid dienone is 2. The van der Waals surface area contributed by atoms with Crippen molar-refractivity contribution < 1.29 is 0 Å². The zero-order valence-corrected chi connectivity index (χ0v) is 9.75. The van der Waals surface area contributed by atoms with E-state index < -0.39 is 0 Å². The van der Waals surface area contributed by atoms with E-state index in [-0.39, 0.29) is 0 Å². The van der Waals surface area contributed by atoms with Crippen LogP contribution in [-0.4, -0.2) is 0 Å². The molecule has 78 valence electrons.